The monoisotopic (exact) mass is 272 g/mol. The maximum absolute atomic E-state index is 12.3. The molecule has 2 aromatic rings. The van der Waals surface area contributed by atoms with Crippen LogP contribution in [0.5, 0.6) is 0 Å². The summed E-state index contributed by atoms with van der Waals surface area (Å²) >= 11 is 0. The molecule has 0 aromatic carbocycles. The molecule has 1 N–H and O–H groups in total. The number of carboxylic acids is 1. The van der Waals surface area contributed by atoms with Gasteiger partial charge in [-0.2, -0.15) is 13.2 Å². The lowest BCUT2D eigenvalue weighted by Crippen LogP contribution is -2.07. The average Bonchev–Trinajstić information content (AvgIpc) is 2.70. The van der Waals surface area contributed by atoms with E-state index in [0.717, 1.165) is 18.3 Å². The van der Waals surface area contributed by atoms with E-state index in [-0.39, 0.29) is 17.1 Å². The van der Waals surface area contributed by atoms with Crippen LogP contribution in [0.3, 0.4) is 0 Å². The summed E-state index contributed by atoms with van der Waals surface area (Å²) in [4.78, 5) is 18.0. The Kier molecular flexibility index (Phi) is 3.01. The molecule has 0 saturated heterocycles. The number of halogens is 3. The van der Waals surface area contributed by atoms with E-state index in [2.05, 4.69) is 9.97 Å². The van der Waals surface area contributed by atoms with E-state index >= 15 is 0 Å². The molecule has 0 aliphatic heterocycles. The number of hydrogen-bond acceptors (Lipinski definition) is 4. The number of carbonyl (C=O) groups is 1. The van der Waals surface area contributed by atoms with Crippen LogP contribution >= 0.6 is 0 Å². The van der Waals surface area contributed by atoms with Gasteiger partial charge in [-0.1, -0.05) is 0 Å². The number of aromatic nitrogens is 2. The number of pyridine rings is 1. The Bertz CT molecular complexity index is 617. The molecule has 0 saturated carbocycles. The summed E-state index contributed by atoms with van der Waals surface area (Å²) in [5, 5.41) is 8.89. The predicted octanol–water partition coefficient (Wildman–Crippen LogP) is 2.76. The molecule has 100 valence electrons. The molecule has 0 aliphatic rings. The molecule has 2 rings (SSSR count). The zero-order valence-corrected chi connectivity index (χ0v) is 9.52. The van der Waals surface area contributed by atoms with Crippen molar-refractivity contribution >= 4 is 5.97 Å². The van der Waals surface area contributed by atoms with E-state index in [9.17, 15) is 18.0 Å². The zero-order chi connectivity index (χ0) is 14.2. The molecule has 0 aliphatic carbocycles. The van der Waals surface area contributed by atoms with Crippen molar-refractivity contribution in [2.24, 2.45) is 0 Å². The Morgan fingerprint density at radius 3 is 2.53 bits per heavy atom. The van der Waals surface area contributed by atoms with E-state index in [1.165, 1.54) is 6.92 Å². The maximum Gasteiger partial charge on any atom is 0.433 e. The van der Waals surface area contributed by atoms with Crippen LogP contribution in [-0.2, 0) is 6.18 Å². The van der Waals surface area contributed by atoms with E-state index in [0.29, 0.717) is 0 Å². The van der Waals surface area contributed by atoms with Crippen molar-refractivity contribution in [3.63, 3.8) is 0 Å². The second kappa shape index (κ2) is 4.38. The first-order chi connectivity index (χ1) is 8.79. The second-order valence-corrected chi connectivity index (χ2v) is 3.65. The first kappa shape index (κ1) is 13.1. The van der Waals surface area contributed by atoms with Crippen molar-refractivity contribution in [1.29, 1.82) is 0 Å². The largest absolute Gasteiger partial charge is 0.475 e. The summed E-state index contributed by atoms with van der Waals surface area (Å²) in [6.45, 7) is 1.44. The average molecular weight is 272 g/mol. The summed E-state index contributed by atoms with van der Waals surface area (Å²) in [5.41, 5.74) is -0.971. The number of carboxylic acid groups (broad SMARTS) is 1. The van der Waals surface area contributed by atoms with Gasteiger partial charge in [0.25, 0.3) is 0 Å². The molecule has 0 bridgehead atoms. The number of rotatable bonds is 2. The highest BCUT2D eigenvalue weighted by molar-refractivity contribution is 5.91. The van der Waals surface area contributed by atoms with Gasteiger partial charge in [-0.15, -0.1) is 0 Å². The van der Waals surface area contributed by atoms with E-state index < -0.39 is 23.6 Å². The van der Waals surface area contributed by atoms with Crippen molar-refractivity contribution < 1.29 is 27.5 Å². The van der Waals surface area contributed by atoms with Gasteiger partial charge in [0.05, 0.1) is 0 Å². The summed E-state index contributed by atoms with van der Waals surface area (Å²) in [5.74, 6) is -1.68. The van der Waals surface area contributed by atoms with Gasteiger partial charge in [0, 0.05) is 18.7 Å². The third kappa shape index (κ3) is 2.56. The van der Waals surface area contributed by atoms with Gasteiger partial charge in [-0.3, -0.25) is 4.98 Å². The summed E-state index contributed by atoms with van der Waals surface area (Å²) in [7, 11) is 0. The van der Waals surface area contributed by atoms with Crippen LogP contribution in [0.2, 0.25) is 0 Å². The zero-order valence-electron chi connectivity index (χ0n) is 9.52. The predicted molar refractivity (Wildman–Crippen MR) is 56.4 cm³/mol. The fraction of sp³-hybridized carbons (Fsp3) is 0.182. The Morgan fingerprint density at radius 1 is 1.37 bits per heavy atom. The third-order valence-electron chi connectivity index (χ3n) is 2.26. The van der Waals surface area contributed by atoms with Crippen LogP contribution in [0.25, 0.3) is 11.3 Å². The fourth-order valence-electron chi connectivity index (χ4n) is 1.47. The SMILES string of the molecule is Cc1nc(-c2ccc(C(F)(F)F)nc2)c(C(=O)O)o1. The molecule has 0 atom stereocenters. The van der Waals surface area contributed by atoms with Gasteiger partial charge >= 0.3 is 12.1 Å². The summed E-state index contributed by atoms with van der Waals surface area (Å²) in [6, 6.07) is 1.85. The summed E-state index contributed by atoms with van der Waals surface area (Å²) in [6.07, 6.45) is -3.64. The van der Waals surface area contributed by atoms with Crippen molar-refractivity contribution in [3.05, 3.63) is 35.7 Å². The number of hydrogen-bond donors (Lipinski definition) is 1. The molecule has 0 fully saturated rings. The van der Waals surface area contributed by atoms with Crippen molar-refractivity contribution in [2.75, 3.05) is 0 Å². The highest BCUT2D eigenvalue weighted by atomic mass is 19.4. The van der Waals surface area contributed by atoms with E-state index in [4.69, 9.17) is 9.52 Å². The fourth-order valence-corrected chi connectivity index (χ4v) is 1.47. The van der Waals surface area contributed by atoms with Gasteiger partial charge in [-0.05, 0) is 12.1 Å². The molecule has 0 amide bonds. The Hall–Kier alpha value is -2.38. The molecule has 0 radical (unpaired) electrons. The van der Waals surface area contributed by atoms with Crippen LogP contribution < -0.4 is 0 Å². The molecule has 2 aromatic heterocycles. The Balaban J connectivity index is 2.46. The highest BCUT2D eigenvalue weighted by Crippen LogP contribution is 2.29. The maximum atomic E-state index is 12.3. The van der Waals surface area contributed by atoms with Gasteiger partial charge in [0.2, 0.25) is 5.76 Å². The molecule has 0 unspecified atom stereocenters. The van der Waals surface area contributed by atoms with Gasteiger partial charge < -0.3 is 9.52 Å². The molecule has 5 nitrogen and oxygen atoms in total. The number of aryl methyl sites for hydroxylation is 1. The first-order valence-corrected chi connectivity index (χ1v) is 5.03. The van der Waals surface area contributed by atoms with Crippen LogP contribution in [0.4, 0.5) is 13.2 Å². The normalized spacial score (nSPS) is 11.6. The lowest BCUT2D eigenvalue weighted by molar-refractivity contribution is -0.141. The Morgan fingerprint density at radius 2 is 2.05 bits per heavy atom. The lowest BCUT2D eigenvalue weighted by atomic mass is 10.1. The topological polar surface area (TPSA) is 76.2 Å². The molecular weight excluding hydrogens is 265 g/mol. The standard InChI is InChI=1S/C11H7F3N2O3/c1-5-16-8(9(19-5)10(17)18)6-2-3-7(15-4-6)11(12,13)14/h2-4H,1H3,(H,17,18). The number of nitrogens with zero attached hydrogens (tertiary/aromatic N) is 2. The Labute approximate surface area is 104 Å². The van der Waals surface area contributed by atoms with Crippen molar-refractivity contribution in [3.8, 4) is 11.3 Å². The molecule has 19 heavy (non-hydrogen) atoms. The van der Waals surface area contributed by atoms with Gasteiger partial charge in [-0.25, -0.2) is 9.78 Å². The van der Waals surface area contributed by atoms with Gasteiger partial charge in [0.1, 0.15) is 11.4 Å². The molecule has 8 heteroatoms. The molecule has 0 spiro atoms. The van der Waals surface area contributed by atoms with Gasteiger partial charge in [0.15, 0.2) is 5.89 Å². The number of oxazole rings is 1. The highest BCUT2D eigenvalue weighted by Gasteiger charge is 2.32. The number of alkyl halides is 3. The summed E-state index contributed by atoms with van der Waals surface area (Å²) < 4.78 is 41.9. The first-order valence-electron chi connectivity index (χ1n) is 5.03. The number of aromatic carboxylic acids is 1. The van der Waals surface area contributed by atoms with E-state index in [1.54, 1.807) is 0 Å². The van der Waals surface area contributed by atoms with Crippen LogP contribution in [0.15, 0.2) is 22.7 Å². The smallest absolute Gasteiger partial charge is 0.433 e. The minimum atomic E-state index is -4.55. The minimum absolute atomic E-state index is 0.0498. The molecule has 2 heterocycles. The van der Waals surface area contributed by atoms with Crippen molar-refractivity contribution in [1.82, 2.24) is 9.97 Å². The molecular formula is C11H7F3N2O3. The minimum Gasteiger partial charge on any atom is -0.475 e. The quantitative estimate of drug-likeness (QED) is 0.909. The van der Waals surface area contributed by atoms with Crippen LogP contribution in [-0.4, -0.2) is 21.0 Å². The second-order valence-electron chi connectivity index (χ2n) is 3.65. The van der Waals surface area contributed by atoms with Crippen LogP contribution in [0, 0.1) is 6.92 Å². The third-order valence-corrected chi connectivity index (χ3v) is 2.26. The lowest BCUT2D eigenvalue weighted by Gasteiger charge is -2.05. The van der Waals surface area contributed by atoms with Crippen molar-refractivity contribution in [2.45, 2.75) is 13.1 Å². The van der Waals surface area contributed by atoms with E-state index in [1.807, 2.05) is 0 Å². The van der Waals surface area contributed by atoms with Crippen LogP contribution in [0.1, 0.15) is 22.1 Å².